The van der Waals surface area contributed by atoms with Gasteiger partial charge in [-0.2, -0.15) is 0 Å². The normalized spacial score (nSPS) is 11.3. The van der Waals surface area contributed by atoms with Crippen molar-refractivity contribution in [3.63, 3.8) is 0 Å². The van der Waals surface area contributed by atoms with E-state index in [-0.39, 0.29) is 0 Å². The van der Waals surface area contributed by atoms with Gasteiger partial charge >= 0.3 is 0 Å². The number of aromatic nitrogens is 3. The number of imidazole rings is 1. The predicted octanol–water partition coefficient (Wildman–Crippen LogP) is 4.70. The molecule has 0 saturated carbocycles. The molecule has 0 spiro atoms. The summed E-state index contributed by atoms with van der Waals surface area (Å²) in [4.78, 5) is 10.0. The number of thiophene rings is 1. The van der Waals surface area contributed by atoms with E-state index in [0.717, 1.165) is 20.8 Å². The van der Waals surface area contributed by atoms with Crippen LogP contribution in [0.5, 0.6) is 0 Å². The van der Waals surface area contributed by atoms with Crippen LogP contribution in [-0.2, 0) is 12.4 Å². The third-order valence-electron chi connectivity index (χ3n) is 2.69. The summed E-state index contributed by atoms with van der Waals surface area (Å²) >= 11 is 17.1. The van der Waals surface area contributed by atoms with Gasteiger partial charge in [0.25, 0.3) is 0 Å². The van der Waals surface area contributed by atoms with E-state index in [1.54, 1.807) is 23.6 Å². The number of halogens is 3. The number of fused-ring (bicyclic) bond motifs is 1. The number of hydrogen-bond donors (Lipinski definition) is 0. The van der Waals surface area contributed by atoms with Gasteiger partial charge in [-0.25, -0.2) is 9.97 Å². The molecule has 0 fully saturated rings. The monoisotopic (exact) mass is 375 g/mol. The number of nitrogens with zero attached hydrogens (tertiary/aromatic N) is 3. The molecule has 3 rings (SSSR count). The lowest BCUT2D eigenvalue weighted by Gasteiger charge is -2.04. The van der Waals surface area contributed by atoms with Crippen molar-refractivity contribution in [2.75, 3.05) is 0 Å². The summed E-state index contributed by atoms with van der Waals surface area (Å²) in [6.45, 7) is 0.712. The molecule has 7 heteroatoms. The summed E-state index contributed by atoms with van der Waals surface area (Å²) in [6, 6.07) is 5.92. The molecule has 0 aliphatic rings. The Morgan fingerprint density at radius 1 is 1.37 bits per heavy atom. The molecule has 3 nitrogen and oxygen atoms in total. The SMILES string of the molecule is ClCc1nc2cc(Cl)cnc2n1Cc1ccc(Br)s1. The lowest BCUT2D eigenvalue weighted by molar-refractivity contribution is 0.780. The number of pyridine rings is 1. The van der Waals surface area contributed by atoms with Gasteiger partial charge in [-0.05, 0) is 34.1 Å². The molecule has 3 heterocycles. The van der Waals surface area contributed by atoms with Crippen molar-refractivity contribution in [2.24, 2.45) is 0 Å². The Bertz CT molecular complexity index is 738. The lowest BCUT2D eigenvalue weighted by atomic mass is 10.4. The molecule has 98 valence electrons. The third kappa shape index (κ3) is 2.65. The maximum absolute atomic E-state index is 5.96. The molecule has 0 atom stereocenters. The summed E-state index contributed by atoms with van der Waals surface area (Å²) < 4.78 is 3.13. The van der Waals surface area contributed by atoms with Crippen LogP contribution in [0.2, 0.25) is 5.02 Å². The molecule has 0 unspecified atom stereocenters. The quantitative estimate of drug-likeness (QED) is 0.620. The average Bonchev–Trinajstić information content (AvgIpc) is 2.94. The first kappa shape index (κ1) is 13.4. The fourth-order valence-electron chi connectivity index (χ4n) is 1.89. The highest BCUT2D eigenvalue weighted by atomic mass is 79.9. The smallest absolute Gasteiger partial charge is 0.160 e. The average molecular weight is 377 g/mol. The molecule has 3 aromatic heterocycles. The van der Waals surface area contributed by atoms with Crippen molar-refractivity contribution in [3.8, 4) is 0 Å². The number of alkyl halides is 1. The van der Waals surface area contributed by atoms with Crippen LogP contribution in [0.1, 0.15) is 10.7 Å². The summed E-state index contributed by atoms with van der Waals surface area (Å²) in [5, 5.41) is 0.581. The van der Waals surface area contributed by atoms with E-state index >= 15 is 0 Å². The highest BCUT2D eigenvalue weighted by Crippen LogP contribution is 2.25. The maximum Gasteiger partial charge on any atom is 0.160 e. The lowest BCUT2D eigenvalue weighted by Crippen LogP contribution is -2.03. The Morgan fingerprint density at radius 3 is 2.89 bits per heavy atom. The molecule has 0 saturated heterocycles. The molecule has 0 bridgehead atoms. The largest absolute Gasteiger partial charge is 0.306 e. The Balaban J connectivity index is 2.10. The van der Waals surface area contributed by atoms with Gasteiger partial charge in [0.2, 0.25) is 0 Å². The first-order valence-corrected chi connectivity index (χ1v) is 8.00. The van der Waals surface area contributed by atoms with Gasteiger partial charge in [0.15, 0.2) is 5.65 Å². The minimum atomic E-state index is 0.348. The van der Waals surface area contributed by atoms with E-state index < -0.39 is 0 Å². The van der Waals surface area contributed by atoms with Gasteiger partial charge in [-0.3, -0.25) is 0 Å². The Labute approximate surface area is 132 Å². The fraction of sp³-hybridized carbons (Fsp3) is 0.167. The van der Waals surface area contributed by atoms with Crippen LogP contribution >= 0.6 is 50.5 Å². The van der Waals surface area contributed by atoms with Gasteiger partial charge in [0.05, 0.1) is 21.2 Å². The highest BCUT2D eigenvalue weighted by molar-refractivity contribution is 9.11. The fourth-order valence-corrected chi connectivity index (χ4v) is 3.72. The number of rotatable bonds is 3. The predicted molar refractivity (Wildman–Crippen MR) is 83.2 cm³/mol. The van der Waals surface area contributed by atoms with Crippen molar-refractivity contribution in [1.29, 1.82) is 0 Å². The van der Waals surface area contributed by atoms with Gasteiger partial charge in [-0.15, -0.1) is 22.9 Å². The van der Waals surface area contributed by atoms with Crippen LogP contribution in [0.15, 0.2) is 28.2 Å². The number of hydrogen-bond acceptors (Lipinski definition) is 3. The molecule has 0 N–H and O–H groups in total. The Kier molecular flexibility index (Phi) is 3.80. The third-order valence-corrected chi connectivity index (χ3v) is 4.75. The van der Waals surface area contributed by atoms with E-state index in [1.807, 2.05) is 10.6 Å². The molecular weight excluding hydrogens is 369 g/mol. The summed E-state index contributed by atoms with van der Waals surface area (Å²) in [5.41, 5.74) is 1.59. The zero-order valence-corrected chi connectivity index (χ0v) is 13.5. The van der Waals surface area contributed by atoms with Crippen molar-refractivity contribution >= 4 is 61.6 Å². The van der Waals surface area contributed by atoms with Crippen LogP contribution in [-0.4, -0.2) is 14.5 Å². The van der Waals surface area contributed by atoms with Crippen LogP contribution in [0.3, 0.4) is 0 Å². The van der Waals surface area contributed by atoms with Crippen LogP contribution in [0.4, 0.5) is 0 Å². The van der Waals surface area contributed by atoms with Gasteiger partial charge in [0.1, 0.15) is 11.3 Å². The maximum atomic E-state index is 5.96. The first-order valence-electron chi connectivity index (χ1n) is 5.48. The molecule has 0 aliphatic carbocycles. The van der Waals surface area contributed by atoms with Crippen molar-refractivity contribution in [1.82, 2.24) is 14.5 Å². The second-order valence-electron chi connectivity index (χ2n) is 3.95. The van der Waals surface area contributed by atoms with Crippen LogP contribution < -0.4 is 0 Å². The summed E-state index contributed by atoms with van der Waals surface area (Å²) in [5.74, 6) is 1.15. The van der Waals surface area contributed by atoms with E-state index in [0.29, 0.717) is 17.4 Å². The van der Waals surface area contributed by atoms with E-state index in [1.165, 1.54) is 4.88 Å². The van der Waals surface area contributed by atoms with Gasteiger partial charge < -0.3 is 4.57 Å². The van der Waals surface area contributed by atoms with Crippen LogP contribution in [0.25, 0.3) is 11.2 Å². The Hall–Kier alpha value is -0.620. The minimum absolute atomic E-state index is 0.348. The Morgan fingerprint density at radius 2 is 2.21 bits per heavy atom. The molecule has 3 aromatic rings. The standard InChI is InChI=1S/C12H8BrCl2N3S/c13-10-2-1-8(19-10)6-18-11(4-14)17-9-3-7(15)5-16-12(9)18/h1-3,5H,4,6H2. The van der Waals surface area contributed by atoms with Crippen LogP contribution in [0, 0.1) is 0 Å². The van der Waals surface area contributed by atoms with Crippen molar-refractivity contribution < 1.29 is 0 Å². The summed E-state index contributed by atoms with van der Waals surface area (Å²) in [6.07, 6.45) is 1.63. The highest BCUT2D eigenvalue weighted by Gasteiger charge is 2.12. The van der Waals surface area contributed by atoms with E-state index in [9.17, 15) is 0 Å². The van der Waals surface area contributed by atoms with Crippen molar-refractivity contribution in [3.05, 3.63) is 43.9 Å². The van der Waals surface area contributed by atoms with E-state index in [4.69, 9.17) is 23.2 Å². The molecule has 0 aliphatic heterocycles. The zero-order chi connectivity index (χ0) is 13.4. The van der Waals surface area contributed by atoms with Gasteiger partial charge in [0, 0.05) is 11.1 Å². The summed E-state index contributed by atoms with van der Waals surface area (Å²) in [7, 11) is 0. The molecule has 0 radical (unpaired) electrons. The van der Waals surface area contributed by atoms with E-state index in [2.05, 4.69) is 32.0 Å². The first-order chi connectivity index (χ1) is 9.17. The molecule has 0 aromatic carbocycles. The van der Waals surface area contributed by atoms with Crippen molar-refractivity contribution in [2.45, 2.75) is 12.4 Å². The van der Waals surface area contributed by atoms with Gasteiger partial charge in [-0.1, -0.05) is 11.6 Å². The molecular formula is C12H8BrCl2N3S. The molecule has 0 amide bonds. The second-order valence-corrected chi connectivity index (χ2v) is 7.20. The second kappa shape index (κ2) is 5.40. The topological polar surface area (TPSA) is 30.7 Å². The molecule has 19 heavy (non-hydrogen) atoms. The minimum Gasteiger partial charge on any atom is -0.306 e. The zero-order valence-electron chi connectivity index (χ0n) is 9.61.